The molecule has 1 rings (SSSR count). The van der Waals surface area contributed by atoms with Crippen molar-refractivity contribution >= 4 is 17.3 Å². The Balaban J connectivity index is 2.72. The molecule has 0 spiro atoms. The van der Waals surface area contributed by atoms with Crippen LogP contribution < -0.4 is 0 Å². The second-order valence-corrected chi connectivity index (χ2v) is 3.03. The molecule has 0 saturated carbocycles. The second kappa shape index (κ2) is 2.68. The van der Waals surface area contributed by atoms with Gasteiger partial charge in [0.25, 0.3) is 0 Å². The van der Waals surface area contributed by atoms with Gasteiger partial charge in [0.1, 0.15) is 12.6 Å². The average molecular weight is 157 g/mol. The van der Waals surface area contributed by atoms with Gasteiger partial charge in [0.15, 0.2) is 5.05 Å². The maximum atomic E-state index is 5.13. The van der Waals surface area contributed by atoms with Crippen LogP contribution in [0.3, 0.4) is 0 Å². The maximum absolute atomic E-state index is 5.13. The number of hydrogen-bond acceptors (Lipinski definition) is 3. The zero-order valence-electron chi connectivity index (χ0n) is 6.26. The summed E-state index contributed by atoms with van der Waals surface area (Å²) in [5.74, 6) is 0. The Bertz CT molecular complexity index is 160. The summed E-state index contributed by atoms with van der Waals surface area (Å²) in [7, 11) is 3.94. The van der Waals surface area contributed by atoms with Crippen molar-refractivity contribution < 1.29 is 4.74 Å². The quantitative estimate of drug-likeness (QED) is 0.413. The van der Waals surface area contributed by atoms with E-state index in [0.717, 1.165) is 5.57 Å². The Labute approximate surface area is 66.5 Å². The first-order valence-electron chi connectivity index (χ1n) is 3.13. The fourth-order valence-corrected chi connectivity index (χ4v) is 1.50. The molecular weight excluding hydrogens is 146 g/mol. The van der Waals surface area contributed by atoms with Gasteiger partial charge in [0.05, 0.1) is 0 Å². The molecule has 0 aliphatic carbocycles. The van der Waals surface area contributed by atoms with Crippen molar-refractivity contribution in [1.82, 2.24) is 4.90 Å². The van der Waals surface area contributed by atoms with Gasteiger partial charge in [-0.15, -0.1) is 0 Å². The minimum atomic E-state index is 0.148. The standard InChI is InChI=1S/C7H11NOS/c1-5-4-9-7(10)6(5)8(2)3/h6H,1,4H2,2-3H3. The lowest BCUT2D eigenvalue weighted by Gasteiger charge is -2.16. The van der Waals surface area contributed by atoms with Crippen LogP contribution in [0.25, 0.3) is 0 Å². The first-order chi connectivity index (χ1) is 4.63. The summed E-state index contributed by atoms with van der Waals surface area (Å²) in [5, 5.41) is 0.648. The van der Waals surface area contributed by atoms with Crippen molar-refractivity contribution in [3.8, 4) is 0 Å². The van der Waals surface area contributed by atoms with E-state index in [1.54, 1.807) is 0 Å². The first-order valence-corrected chi connectivity index (χ1v) is 3.54. The summed E-state index contributed by atoms with van der Waals surface area (Å²) in [6.45, 7) is 4.44. The van der Waals surface area contributed by atoms with E-state index in [0.29, 0.717) is 11.7 Å². The van der Waals surface area contributed by atoms with Gasteiger partial charge < -0.3 is 4.74 Å². The van der Waals surface area contributed by atoms with Gasteiger partial charge in [0.2, 0.25) is 0 Å². The third-order valence-corrected chi connectivity index (χ3v) is 1.87. The van der Waals surface area contributed by atoms with Crippen LogP contribution in [-0.4, -0.2) is 36.7 Å². The number of rotatable bonds is 1. The molecule has 1 saturated heterocycles. The fourth-order valence-electron chi connectivity index (χ4n) is 1.06. The van der Waals surface area contributed by atoms with Gasteiger partial charge in [0, 0.05) is 0 Å². The van der Waals surface area contributed by atoms with Crippen molar-refractivity contribution in [3.63, 3.8) is 0 Å². The highest BCUT2D eigenvalue weighted by Gasteiger charge is 2.27. The van der Waals surface area contributed by atoms with E-state index >= 15 is 0 Å². The Morgan fingerprint density at radius 1 is 1.70 bits per heavy atom. The SMILES string of the molecule is C=C1COC(=S)C1N(C)C. The third kappa shape index (κ3) is 1.20. The summed E-state index contributed by atoms with van der Waals surface area (Å²) < 4.78 is 5.13. The van der Waals surface area contributed by atoms with Gasteiger partial charge in [-0.3, -0.25) is 4.90 Å². The molecule has 0 aromatic heterocycles. The number of hydrogen-bond donors (Lipinski definition) is 0. The van der Waals surface area contributed by atoms with Crippen molar-refractivity contribution in [2.24, 2.45) is 0 Å². The van der Waals surface area contributed by atoms with Crippen LogP contribution in [0, 0.1) is 0 Å². The monoisotopic (exact) mass is 157 g/mol. The predicted octanol–water partition coefficient (Wildman–Crippen LogP) is 0.830. The van der Waals surface area contributed by atoms with E-state index in [2.05, 4.69) is 6.58 Å². The molecule has 0 aromatic rings. The van der Waals surface area contributed by atoms with Crippen LogP contribution in [-0.2, 0) is 4.74 Å². The Morgan fingerprint density at radius 3 is 2.50 bits per heavy atom. The van der Waals surface area contributed by atoms with Gasteiger partial charge in [-0.05, 0) is 31.9 Å². The lowest BCUT2D eigenvalue weighted by atomic mass is 10.2. The smallest absolute Gasteiger partial charge is 0.181 e. The molecule has 1 heterocycles. The number of thiocarbonyl (C=S) groups is 1. The normalized spacial score (nSPS) is 25.7. The highest BCUT2D eigenvalue weighted by Crippen LogP contribution is 2.16. The van der Waals surface area contributed by atoms with E-state index in [-0.39, 0.29) is 6.04 Å². The van der Waals surface area contributed by atoms with Crippen molar-refractivity contribution in [2.75, 3.05) is 20.7 Å². The molecular formula is C7H11NOS. The molecule has 0 N–H and O–H groups in total. The molecule has 10 heavy (non-hydrogen) atoms. The summed E-state index contributed by atoms with van der Waals surface area (Å²) in [6, 6.07) is 0.148. The second-order valence-electron chi connectivity index (χ2n) is 2.63. The van der Waals surface area contributed by atoms with Crippen LogP contribution in [0.2, 0.25) is 0 Å². The minimum absolute atomic E-state index is 0.148. The van der Waals surface area contributed by atoms with Crippen molar-refractivity contribution in [3.05, 3.63) is 12.2 Å². The molecule has 0 bridgehead atoms. The highest BCUT2D eigenvalue weighted by molar-refractivity contribution is 7.80. The van der Waals surface area contributed by atoms with Crippen LogP contribution >= 0.6 is 12.2 Å². The van der Waals surface area contributed by atoms with Gasteiger partial charge >= 0.3 is 0 Å². The van der Waals surface area contributed by atoms with Crippen LogP contribution in [0.5, 0.6) is 0 Å². The highest BCUT2D eigenvalue weighted by atomic mass is 32.1. The molecule has 0 aromatic carbocycles. The van der Waals surface area contributed by atoms with Gasteiger partial charge in [-0.1, -0.05) is 6.58 Å². The number of ether oxygens (including phenoxy) is 1. The zero-order valence-corrected chi connectivity index (χ0v) is 7.07. The predicted molar refractivity (Wildman–Crippen MR) is 45.2 cm³/mol. The van der Waals surface area contributed by atoms with Crippen LogP contribution in [0.15, 0.2) is 12.2 Å². The van der Waals surface area contributed by atoms with E-state index in [9.17, 15) is 0 Å². The summed E-state index contributed by atoms with van der Waals surface area (Å²) in [6.07, 6.45) is 0. The topological polar surface area (TPSA) is 12.5 Å². The molecule has 0 amide bonds. The van der Waals surface area contributed by atoms with E-state index < -0.39 is 0 Å². The molecule has 56 valence electrons. The van der Waals surface area contributed by atoms with Crippen molar-refractivity contribution in [2.45, 2.75) is 6.04 Å². The molecule has 1 fully saturated rings. The molecule has 1 unspecified atom stereocenters. The number of likely N-dealkylation sites (N-methyl/N-ethyl adjacent to an activating group) is 1. The fraction of sp³-hybridized carbons (Fsp3) is 0.571. The average Bonchev–Trinajstić information content (AvgIpc) is 2.11. The zero-order chi connectivity index (χ0) is 7.72. The summed E-state index contributed by atoms with van der Waals surface area (Å²) in [5.41, 5.74) is 1.05. The molecule has 1 atom stereocenters. The molecule has 1 aliphatic heterocycles. The summed E-state index contributed by atoms with van der Waals surface area (Å²) >= 11 is 4.97. The molecule has 3 heteroatoms. The number of nitrogens with zero attached hydrogens (tertiary/aromatic N) is 1. The van der Waals surface area contributed by atoms with E-state index in [4.69, 9.17) is 17.0 Å². The Kier molecular flexibility index (Phi) is 2.06. The van der Waals surface area contributed by atoms with Crippen LogP contribution in [0.1, 0.15) is 0 Å². The Morgan fingerprint density at radius 2 is 2.30 bits per heavy atom. The lowest BCUT2D eigenvalue weighted by molar-refractivity contribution is 0.364. The van der Waals surface area contributed by atoms with Gasteiger partial charge in [-0.25, -0.2) is 0 Å². The maximum Gasteiger partial charge on any atom is 0.181 e. The molecule has 1 aliphatic rings. The minimum Gasteiger partial charge on any atom is -0.481 e. The summed E-state index contributed by atoms with van der Waals surface area (Å²) in [4.78, 5) is 2.01. The van der Waals surface area contributed by atoms with E-state index in [1.807, 2.05) is 19.0 Å². The van der Waals surface area contributed by atoms with Crippen molar-refractivity contribution in [1.29, 1.82) is 0 Å². The lowest BCUT2D eigenvalue weighted by Crippen LogP contribution is -2.31. The van der Waals surface area contributed by atoms with E-state index in [1.165, 1.54) is 0 Å². The van der Waals surface area contributed by atoms with Crippen LogP contribution in [0.4, 0.5) is 0 Å². The Hall–Kier alpha value is -0.410. The molecule has 0 radical (unpaired) electrons. The molecule has 2 nitrogen and oxygen atoms in total. The first kappa shape index (κ1) is 7.69. The van der Waals surface area contributed by atoms with Gasteiger partial charge in [-0.2, -0.15) is 0 Å². The third-order valence-electron chi connectivity index (χ3n) is 1.53. The largest absolute Gasteiger partial charge is 0.481 e.